The molecule has 0 saturated heterocycles. The summed E-state index contributed by atoms with van der Waals surface area (Å²) in [5, 5.41) is 19.6. The fourth-order valence-corrected chi connectivity index (χ4v) is 6.61. The first-order chi connectivity index (χ1) is 17.2. The Labute approximate surface area is 222 Å². The van der Waals surface area contributed by atoms with Gasteiger partial charge in [-0.2, -0.15) is 0 Å². The number of hydrogen-bond acceptors (Lipinski definition) is 4. The second kappa shape index (κ2) is 18.9. The molecule has 36 heavy (non-hydrogen) atoms. The molecule has 6 heteroatoms. The van der Waals surface area contributed by atoms with Gasteiger partial charge in [-0.05, 0) is 12.5 Å². The molecule has 0 aromatic heterocycles. The topological polar surface area (TPSA) is 86.6 Å². The van der Waals surface area contributed by atoms with Gasteiger partial charge in [0.05, 0.1) is 5.75 Å². The Kier molecular flexibility index (Phi) is 17.2. The van der Waals surface area contributed by atoms with E-state index in [1.807, 2.05) is 0 Å². The maximum atomic E-state index is 12.5. The Hall–Kier alpha value is -1.27. The highest BCUT2D eigenvalue weighted by molar-refractivity contribution is 7.89. The van der Waals surface area contributed by atoms with Gasteiger partial charge in [0.25, 0.3) is 0 Å². The summed E-state index contributed by atoms with van der Waals surface area (Å²) in [6, 6.07) is 4.29. The molecule has 0 radical (unpaired) electrons. The van der Waals surface area contributed by atoms with Gasteiger partial charge in [-0.1, -0.05) is 136 Å². The van der Waals surface area contributed by atoms with Gasteiger partial charge in [-0.3, -0.25) is 0 Å². The molecule has 0 aliphatic heterocycles. The van der Waals surface area contributed by atoms with Gasteiger partial charge in [0, 0.05) is 23.6 Å². The monoisotopic (exact) mass is 525 g/mol. The van der Waals surface area contributed by atoms with Gasteiger partial charge < -0.3 is 10.2 Å². The van der Waals surface area contributed by atoms with Crippen LogP contribution >= 0.6 is 0 Å². The van der Waals surface area contributed by atoms with Gasteiger partial charge in [0.1, 0.15) is 11.5 Å². The second-order valence-electron chi connectivity index (χ2n) is 11.2. The molecule has 210 valence electrons. The lowest BCUT2D eigenvalue weighted by Crippen LogP contribution is -2.36. The molecule has 5 nitrogen and oxygen atoms in total. The van der Waals surface area contributed by atoms with E-state index in [4.69, 9.17) is 0 Å². The Morgan fingerprint density at radius 2 is 1.11 bits per heavy atom. The summed E-state index contributed by atoms with van der Waals surface area (Å²) in [6.07, 6.45) is 23.7. The van der Waals surface area contributed by atoms with Crippen molar-refractivity contribution in [3.05, 3.63) is 23.8 Å². The molecule has 1 rings (SSSR count). The molecule has 0 bridgehead atoms. The number of rotatable bonds is 23. The van der Waals surface area contributed by atoms with E-state index in [1.54, 1.807) is 19.9 Å². The summed E-state index contributed by atoms with van der Waals surface area (Å²) in [5.74, 6) is -0.238. The van der Waals surface area contributed by atoms with Crippen LogP contribution in [-0.4, -0.2) is 30.9 Å². The molecular formula is C30H55NO4S. The van der Waals surface area contributed by atoms with Crippen LogP contribution in [0.4, 0.5) is 0 Å². The quantitative estimate of drug-likeness (QED) is 0.125. The minimum Gasteiger partial charge on any atom is -0.508 e. The van der Waals surface area contributed by atoms with E-state index in [2.05, 4.69) is 11.6 Å². The third kappa shape index (κ3) is 15.8. The molecule has 0 heterocycles. The maximum absolute atomic E-state index is 12.5. The van der Waals surface area contributed by atoms with Gasteiger partial charge in [-0.25, -0.2) is 13.1 Å². The van der Waals surface area contributed by atoms with Crippen LogP contribution in [0, 0.1) is 0 Å². The summed E-state index contributed by atoms with van der Waals surface area (Å²) < 4.78 is 27.8. The molecule has 0 saturated carbocycles. The van der Waals surface area contributed by atoms with Gasteiger partial charge in [0.2, 0.25) is 10.0 Å². The number of hydrogen-bond donors (Lipinski definition) is 3. The SMILES string of the molecule is CCCCCCCCCCCCCCCCCCCCNS(=O)(=O)CC(C)(C)c1ccc(O)cc1O. The van der Waals surface area contributed by atoms with Crippen LogP contribution in [0.25, 0.3) is 0 Å². The first-order valence-corrected chi connectivity index (χ1v) is 16.3. The highest BCUT2D eigenvalue weighted by Crippen LogP contribution is 2.34. The second-order valence-corrected chi connectivity index (χ2v) is 13.1. The van der Waals surface area contributed by atoms with Crippen molar-refractivity contribution < 1.29 is 18.6 Å². The summed E-state index contributed by atoms with van der Waals surface area (Å²) in [6.45, 7) is 6.30. The summed E-state index contributed by atoms with van der Waals surface area (Å²) in [4.78, 5) is 0. The van der Waals surface area contributed by atoms with Crippen molar-refractivity contribution in [1.82, 2.24) is 4.72 Å². The molecule has 1 aromatic carbocycles. The average molecular weight is 526 g/mol. The van der Waals surface area contributed by atoms with Crippen LogP contribution < -0.4 is 4.72 Å². The zero-order chi connectivity index (χ0) is 26.7. The molecular weight excluding hydrogens is 470 g/mol. The number of nitrogens with one attached hydrogen (secondary N) is 1. The Morgan fingerprint density at radius 3 is 1.53 bits per heavy atom. The maximum Gasteiger partial charge on any atom is 0.212 e. The molecule has 0 aliphatic rings. The van der Waals surface area contributed by atoms with Crippen molar-refractivity contribution in [2.24, 2.45) is 0 Å². The number of benzene rings is 1. The van der Waals surface area contributed by atoms with E-state index in [9.17, 15) is 18.6 Å². The average Bonchev–Trinajstić information content (AvgIpc) is 2.79. The highest BCUT2D eigenvalue weighted by atomic mass is 32.2. The number of aromatic hydroxyl groups is 2. The normalized spacial score (nSPS) is 12.3. The first kappa shape index (κ1) is 32.8. The lowest BCUT2D eigenvalue weighted by molar-refractivity contribution is 0.431. The molecule has 0 atom stereocenters. The lowest BCUT2D eigenvalue weighted by Gasteiger charge is -2.26. The van der Waals surface area contributed by atoms with Crippen LogP contribution in [0.3, 0.4) is 0 Å². The fraction of sp³-hybridized carbons (Fsp3) is 0.800. The molecule has 0 aliphatic carbocycles. The number of sulfonamides is 1. The molecule has 0 spiro atoms. The van der Waals surface area contributed by atoms with Crippen molar-refractivity contribution in [1.29, 1.82) is 0 Å². The van der Waals surface area contributed by atoms with Gasteiger partial charge in [-0.15, -0.1) is 0 Å². The van der Waals surface area contributed by atoms with Crippen molar-refractivity contribution in [2.75, 3.05) is 12.3 Å². The van der Waals surface area contributed by atoms with Crippen molar-refractivity contribution >= 4 is 10.0 Å². The fourth-order valence-electron chi connectivity index (χ4n) is 4.95. The standard InChI is InChI=1S/C30H55NO4S/c1-4-5-6-7-8-9-10-11-12-13-14-15-16-17-18-19-20-21-24-31-36(34,35)26-30(2,3)28-23-22-27(32)25-29(28)33/h22-23,25,31-33H,4-21,24,26H2,1-3H3. The van der Waals surface area contributed by atoms with Crippen molar-refractivity contribution in [2.45, 2.75) is 142 Å². The number of phenolic OH excluding ortho intramolecular Hbond substituents is 2. The molecule has 0 unspecified atom stereocenters. The van der Waals surface area contributed by atoms with E-state index in [1.165, 1.54) is 108 Å². The highest BCUT2D eigenvalue weighted by Gasteiger charge is 2.30. The van der Waals surface area contributed by atoms with Gasteiger partial charge >= 0.3 is 0 Å². The van der Waals surface area contributed by atoms with Crippen LogP contribution in [0.1, 0.15) is 142 Å². The lowest BCUT2D eigenvalue weighted by atomic mass is 9.86. The van der Waals surface area contributed by atoms with E-state index < -0.39 is 15.4 Å². The predicted molar refractivity (Wildman–Crippen MR) is 153 cm³/mol. The van der Waals surface area contributed by atoms with Crippen LogP contribution in [0.15, 0.2) is 18.2 Å². The first-order valence-electron chi connectivity index (χ1n) is 14.7. The van der Waals surface area contributed by atoms with E-state index in [-0.39, 0.29) is 17.3 Å². The zero-order valence-corrected chi connectivity index (χ0v) is 24.3. The minimum absolute atomic E-state index is 0.0397. The predicted octanol–water partition coefficient (Wildman–Crippen LogP) is 8.34. The Balaban J connectivity index is 1.98. The van der Waals surface area contributed by atoms with Crippen molar-refractivity contribution in [3.63, 3.8) is 0 Å². The van der Waals surface area contributed by atoms with E-state index in [0.717, 1.165) is 19.3 Å². The molecule has 1 aromatic rings. The zero-order valence-electron chi connectivity index (χ0n) is 23.5. The number of unbranched alkanes of at least 4 members (excludes halogenated alkanes) is 17. The smallest absolute Gasteiger partial charge is 0.212 e. The summed E-state index contributed by atoms with van der Waals surface area (Å²) in [5.41, 5.74) is -0.254. The van der Waals surface area contributed by atoms with Crippen LogP contribution in [0.5, 0.6) is 11.5 Å². The minimum atomic E-state index is -3.46. The largest absolute Gasteiger partial charge is 0.508 e. The van der Waals surface area contributed by atoms with Crippen molar-refractivity contribution in [3.8, 4) is 11.5 Å². The summed E-state index contributed by atoms with van der Waals surface area (Å²) >= 11 is 0. The van der Waals surface area contributed by atoms with Crippen LogP contribution in [-0.2, 0) is 15.4 Å². The number of phenols is 2. The molecule has 0 fully saturated rings. The third-order valence-electron chi connectivity index (χ3n) is 7.11. The van der Waals surface area contributed by atoms with E-state index in [0.29, 0.717) is 12.1 Å². The third-order valence-corrected chi connectivity index (χ3v) is 8.86. The Morgan fingerprint density at radius 1 is 0.694 bits per heavy atom. The van der Waals surface area contributed by atoms with E-state index >= 15 is 0 Å². The Bertz CT molecular complexity index is 792. The molecule has 3 N–H and O–H groups in total. The van der Waals surface area contributed by atoms with Gasteiger partial charge in [0.15, 0.2) is 0 Å². The summed E-state index contributed by atoms with van der Waals surface area (Å²) in [7, 11) is -3.46. The van der Waals surface area contributed by atoms with Crippen LogP contribution in [0.2, 0.25) is 0 Å². The molecule has 0 amide bonds.